The van der Waals surface area contributed by atoms with Crippen molar-refractivity contribution in [3.8, 4) is 0 Å². The molecular formula is C22H28N2O3S2. The lowest BCUT2D eigenvalue weighted by Crippen LogP contribution is -2.38. The van der Waals surface area contributed by atoms with Crippen LogP contribution >= 0.6 is 11.8 Å². The number of rotatable bonds is 5. The largest absolute Gasteiger partial charge is 0.339 e. The SMILES string of the molecule is CSc1ccc(S(=O)(=O)Nc2cc(C)cc(C)c2)cc1C(=O)N1CCC(C)CC1. The highest BCUT2D eigenvalue weighted by atomic mass is 32.2. The molecule has 0 atom stereocenters. The zero-order valence-electron chi connectivity index (χ0n) is 17.4. The van der Waals surface area contributed by atoms with Gasteiger partial charge in [-0.25, -0.2) is 8.42 Å². The minimum absolute atomic E-state index is 0.0929. The van der Waals surface area contributed by atoms with Crippen LogP contribution in [-0.2, 0) is 10.0 Å². The van der Waals surface area contributed by atoms with E-state index in [9.17, 15) is 13.2 Å². The molecule has 1 fully saturated rings. The molecule has 0 aliphatic carbocycles. The molecule has 2 aromatic rings. The number of carbonyl (C=O) groups is 1. The van der Waals surface area contributed by atoms with Gasteiger partial charge in [-0.1, -0.05) is 13.0 Å². The number of likely N-dealkylation sites (tertiary alicyclic amines) is 1. The van der Waals surface area contributed by atoms with Gasteiger partial charge in [0, 0.05) is 23.7 Å². The first-order chi connectivity index (χ1) is 13.7. The molecule has 0 aromatic heterocycles. The molecule has 1 saturated heterocycles. The van der Waals surface area contributed by atoms with Crippen LogP contribution in [0.5, 0.6) is 0 Å². The maximum Gasteiger partial charge on any atom is 0.261 e. The predicted molar refractivity (Wildman–Crippen MR) is 119 cm³/mol. The molecule has 0 saturated carbocycles. The quantitative estimate of drug-likeness (QED) is 0.696. The number of nitrogens with zero attached hydrogens (tertiary/aromatic N) is 1. The zero-order valence-corrected chi connectivity index (χ0v) is 19.0. The van der Waals surface area contributed by atoms with Crippen LogP contribution in [0.25, 0.3) is 0 Å². The first-order valence-electron chi connectivity index (χ1n) is 9.78. The third kappa shape index (κ3) is 5.14. The fourth-order valence-corrected chi connectivity index (χ4v) is 5.29. The number of piperidine rings is 1. The highest BCUT2D eigenvalue weighted by Crippen LogP contribution is 2.28. The molecule has 7 heteroatoms. The van der Waals surface area contributed by atoms with Crippen LogP contribution in [0.1, 0.15) is 41.3 Å². The molecule has 5 nitrogen and oxygen atoms in total. The molecule has 0 bridgehead atoms. The first-order valence-corrected chi connectivity index (χ1v) is 12.5. The van der Waals surface area contributed by atoms with Crippen molar-refractivity contribution in [2.24, 2.45) is 5.92 Å². The van der Waals surface area contributed by atoms with Crippen molar-refractivity contribution < 1.29 is 13.2 Å². The summed E-state index contributed by atoms with van der Waals surface area (Å²) in [5.74, 6) is 0.525. The summed E-state index contributed by atoms with van der Waals surface area (Å²) in [6.07, 6.45) is 3.85. The van der Waals surface area contributed by atoms with Crippen LogP contribution in [0.2, 0.25) is 0 Å². The minimum Gasteiger partial charge on any atom is -0.339 e. The molecule has 29 heavy (non-hydrogen) atoms. The average molecular weight is 433 g/mol. The third-order valence-corrected chi connectivity index (χ3v) is 7.43. The van der Waals surface area contributed by atoms with E-state index < -0.39 is 10.0 Å². The van der Waals surface area contributed by atoms with Gasteiger partial charge < -0.3 is 4.90 Å². The number of carbonyl (C=O) groups excluding carboxylic acids is 1. The van der Waals surface area contributed by atoms with E-state index in [1.807, 2.05) is 31.1 Å². The summed E-state index contributed by atoms with van der Waals surface area (Å²) >= 11 is 1.45. The molecule has 3 rings (SSSR count). The maximum atomic E-state index is 13.1. The fraction of sp³-hybridized carbons (Fsp3) is 0.409. The second-order valence-corrected chi connectivity index (χ2v) is 10.3. The Morgan fingerprint density at radius 1 is 1.07 bits per heavy atom. The van der Waals surface area contributed by atoms with E-state index in [0.717, 1.165) is 28.9 Å². The number of sulfonamides is 1. The van der Waals surface area contributed by atoms with Gasteiger partial charge >= 0.3 is 0 Å². The summed E-state index contributed by atoms with van der Waals surface area (Å²) in [6, 6.07) is 10.4. The average Bonchev–Trinajstić information content (AvgIpc) is 2.66. The van der Waals surface area contributed by atoms with Gasteiger partial charge in [0.25, 0.3) is 15.9 Å². The van der Waals surface area contributed by atoms with E-state index in [-0.39, 0.29) is 10.8 Å². The van der Waals surface area contributed by atoms with Gasteiger partial charge in [-0.3, -0.25) is 9.52 Å². The van der Waals surface area contributed by atoms with Crippen LogP contribution in [0.15, 0.2) is 46.2 Å². The predicted octanol–water partition coefficient (Wildman–Crippen LogP) is 4.70. The second kappa shape index (κ2) is 8.79. The lowest BCUT2D eigenvalue weighted by molar-refractivity contribution is 0.0693. The smallest absolute Gasteiger partial charge is 0.261 e. The van der Waals surface area contributed by atoms with E-state index in [0.29, 0.717) is 30.3 Å². The lowest BCUT2D eigenvalue weighted by atomic mass is 9.98. The molecular weight excluding hydrogens is 404 g/mol. The van der Waals surface area contributed by atoms with E-state index in [1.54, 1.807) is 24.3 Å². The highest BCUT2D eigenvalue weighted by Gasteiger charge is 2.25. The summed E-state index contributed by atoms with van der Waals surface area (Å²) in [5.41, 5.74) is 2.94. The summed E-state index contributed by atoms with van der Waals surface area (Å²) in [7, 11) is -3.80. The Kier molecular flexibility index (Phi) is 6.58. The van der Waals surface area contributed by atoms with Gasteiger partial charge in [-0.05, 0) is 80.3 Å². The van der Waals surface area contributed by atoms with Gasteiger partial charge in [0.15, 0.2) is 0 Å². The van der Waals surface area contributed by atoms with Gasteiger partial charge in [0.05, 0.1) is 10.5 Å². The molecule has 1 aliphatic rings. The van der Waals surface area contributed by atoms with E-state index >= 15 is 0 Å². The number of amides is 1. The number of hydrogen-bond acceptors (Lipinski definition) is 4. The number of aryl methyl sites for hydroxylation is 2. The Bertz CT molecular complexity index is 990. The molecule has 2 aromatic carbocycles. The monoisotopic (exact) mass is 432 g/mol. The van der Waals surface area contributed by atoms with E-state index in [4.69, 9.17) is 0 Å². The van der Waals surface area contributed by atoms with Crippen molar-refractivity contribution in [1.82, 2.24) is 4.90 Å². The van der Waals surface area contributed by atoms with E-state index in [2.05, 4.69) is 11.6 Å². The fourth-order valence-electron chi connectivity index (χ4n) is 3.65. The number of hydrogen-bond donors (Lipinski definition) is 1. The van der Waals surface area contributed by atoms with Crippen LogP contribution in [0.3, 0.4) is 0 Å². The number of thioether (sulfide) groups is 1. The molecule has 0 radical (unpaired) electrons. The number of anilines is 1. The van der Waals surface area contributed by atoms with Crippen molar-refractivity contribution in [3.05, 3.63) is 53.1 Å². The van der Waals surface area contributed by atoms with Crippen molar-refractivity contribution >= 4 is 33.4 Å². The zero-order chi connectivity index (χ0) is 21.2. The van der Waals surface area contributed by atoms with Crippen LogP contribution < -0.4 is 4.72 Å². The Hall–Kier alpha value is -1.99. The molecule has 1 aliphatic heterocycles. The van der Waals surface area contributed by atoms with Crippen LogP contribution in [0.4, 0.5) is 5.69 Å². The standard InChI is InChI=1S/C22H28N2O3S2/c1-15-7-9-24(10-8-15)22(25)20-14-19(5-6-21(20)28-4)29(26,27)23-18-12-16(2)11-17(3)13-18/h5-6,11-15,23H,7-10H2,1-4H3. The Balaban J connectivity index is 1.91. The lowest BCUT2D eigenvalue weighted by Gasteiger charge is -2.30. The third-order valence-electron chi connectivity index (χ3n) is 5.26. The summed E-state index contributed by atoms with van der Waals surface area (Å²) in [5, 5.41) is 0. The van der Waals surface area contributed by atoms with Crippen molar-refractivity contribution in [2.75, 3.05) is 24.1 Å². The number of nitrogens with one attached hydrogen (secondary N) is 1. The van der Waals surface area contributed by atoms with Crippen molar-refractivity contribution in [1.29, 1.82) is 0 Å². The van der Waals surface area contributed by atoms with Crippen LogP contribution in [0, 0.1) is 19.8 Å². The molecule has 156 valence electrons. The summed E-state index contributed by atoms with van der Waals surface area (Å²) in [4.78, 5) is 15.8. The Morgan fingerprint density at radius 2 is 1.69 bits per heavy atom. The Labute approximate surface area is 177 Å². The molecule has 0 unspecified atom stereocenters. The summed E-state index contributed by atoms with van der Waals surface area (Å²) < 4.78 is 28.6. The molecule has 1 heterocycles. The molecule has 1 N–H and O–H groups in total. The molecule has 0 spiro atoms. The maximum absolute atomic E-state index is 13.1. The van der Waals surface area contributed by atoms with Crippen LogP contribution in [-0.4, -0.2) is 38.6 Å². The van der Waals surface area contributed by atoms with Gasteiger partial charge in [-0.15, -0.1) is 11.8 Å². The van der Waals surface area contributed by atoms with E-state index in [1.165, 1.54) is 17.8 Å². The topological polar surface area (TPSA) is 66.5 Å². The first kappa shape index (κ1) is 21.7. The highest BCUT2D eigenvalue weighted by molar-refractivity contribution is 7.98. The number of benzene rings is 2. The minimum atomic E-state index is -3.80. The molecule has 1 amide bonds. The van der Waals surface area contributed by atoms with Crippen molar-refractivity contribution in [2.45, 2.75) is 43.4 Å². The van der Waals surface area contributed by atoms with Gasteiger partial charge in [0.1, 0.15) is 0 Å². The second-order valence-electron chi connectivity index (χ2n) is 7.82. The van der Waals surface area contributed by atoms with Crippen molar-refractivity contribution in [3.63, 3.8) is 0 Å². The Morgan fingerprint density at radius 3 is 2.28 bits per heavy atom. The summed E-state index contributed by atoms with van der Waals surface area (Å²) in [6.45, 7) is 7.47. The van der Waals surface area contributed by atoms with Gasteiger partial charge in [0.2, 0.25) is 0 Å². The normalized spacial score (nSPS) is 15.4. The van der Waals surface area contributed by atoms with Gasteiger partial charge in [-0.2, -0.15) is 0 Å².